The van der Waals surface area contributed by atoms with Crippen molar-refractivity contribution in [2.24, 2.45) is 0 Å². The molecular weight excluding hydrogens is 569 g/mol. The molecule has 0 atom stereocenters. The smallest absolute Gasteiger partial charge is 0.235 e. The fourth-order valence-electron chi connectivity index (χ4n) is 6.97. The number of benzene rings is 6. The maximum absolute atomic E-state index is 5.36. The predicted molar refractivity (Wildman–Crippen MR) is 189 cm³/mol. The number of hydrogen-bond donors (Lipinski definition) is 0. The summed E-state index contributed by atoms with van der Waals surface area (Å²) >= 11 is 1.76. The van der Waals surface area contributed by atoms with Crippen molar-refractivity contribution in [1.29, 1.82) is 0 Å². The van der Waals surface area contributed by atoms with Gasteiger partial charge in [-0.05, 0) is 42.5 Å². The Bertz CT molecular complexity index is 2750. The van der Waals surface area contributed by atoms with Gasteiger partial charge in [-0.2, -0.15) is 0 Å². The van der Waals surface area contributed by atoms with Crippen LogP contribution in [0, 0.1) is 0 Å². The molecule has 4 heterocycles. The molecule has 0 N–H and O–H groups in total. The molecule has 0 amide bonds. The summed E-state index contributed by atoms with van der Waals surface area (Å²) in [7, 11) is 0. The maximum atomic E-state index is 5.36. The molecule has 0 aliphatic heterocycles. The number of aromatic nitrogens is 4. The minimum absolute atomic E-state index is 0.683. The molecule has 4 aromatic heterocycles. The monoisotopic (exact) mass is 592 g/mol. The third-order valence-electron chi connectivity index (χ3n) is 8.94. The highest BCUT2D eigenvalue weighted by atomic mass is 32.1. The van der Waals surface area contributed by atoms with Crippen LogP contribution in [0.4, 0.5) is 0 Å². The minimum Gasteiger partial charge on any atom is -0.309 e. The lowest BCUT2D eigenvalue weighted by molar-refractivity contribution is 1.02. The van der Waals surface area contributed by atoms with Crippen LogP contribution in [0.15, 0.2) is 146 Å². The molecule has 210 valence electrons. The quantitative estimate of drug-likeness (QED) is 0.205. The third kappa shape index (κ3) is 3.53. The van der Waals surface area contributed by atoms with Gasteiger partial charge in [0.1, 0.15) is 0 Å². The number of rotatable bonds is 3. The average molecular weight is 593 g/mol. The van der Waals surface area contributed by atoms with Crippen LogP contribution in [0.1, 0.15) is 0 Å². The van der Waals surface area contributed by atoms with Crippen LogP contribution < -0.4 is 0 Å². The zero-order chi connectivity index (χ0) is 29.5. The molecule has 45 heavy (non-hydrogen) atoms. The fraction of sp³-hybridized carbons (Fsp3) is 0. The van der Waals surface area contributed by atoms with Gasteiger partial charge in [-0.25, -0.2) is 9.97 Å². The van der Waals surface area contributed by atoms with E-state index < -0.39 is 0 Å². The molecule has 0 aliphatic carbocycles. The van der Waals surface area contributed by atoms with E-state index in [-0.39, 0.29) is 0 Å². The second-order valence-corrected chi connectivity index (χ2v) is 12.5. The van der Waals surface area contributed by atoms with E-state index in [1.807, 2.05) is 0 Å². The van der Waals surface area contributed by atoms with Gasteiger partial charge in [-0.1, -0.05) is 103 Å². The van der Waals surface area contributed by atoms with E-state index in [1.165, 1.54) is 37.3 Å². The normalized spacial score (nSPS) is 12.0. The van der Waals surface area contributed by atoms with Crippen molar-refractivity contribution >= 4 is 75.3 Å². The van der Waals surface area contributed by atoms with E-state index in [4.69, 9.17) is 9.97 Å². The summed E-state index contributed by atoms with van der Waals surface area (Å²) in [4.78, 5) is 10.7. The van der Waals surface area contributed by atoms with Gasteiger partial charge < -0.3 is 4.57 Å². The highest BCUT2D eigenvalue weighted by Gasteiger charge is 2.22. The lowest BCUT2D eigenvalue weighted by atomic mass is 10.1. The first-order chi connectivity index (χ1) is 22.3. The average Bonchev–Trinajstić information content (AvgIpc) is 3.75. The van der Waals surface area contributed by atoms with E-state index in [0.717, 1.165) is 43.6 Å². The SMILES string of the molecule is c1ccc(-c2nc(-n3c4ccccc4c4cc5c(cc43)c3ccccc3n5-c3ccccc3)nc3c2sc2ccccc23)cc1. The number of para-hydroxylation sites is 3. The standard InChI is InChI=1S/C40H24N4S/c1-3-13-25(14-4-1)37-39-38(29-19-9-12-22-36(29)45-39)42-40(41-37)44-33-21-11-8-18-28(33)31-23-34-30(24-35(31)44)27-17-7-10-20-32(27)43(34)26-15-5-2-6-16-26/h1-24H. The first-order valence-corrected chi connectivity index (χ1v) is 15.9. The Morgan fingerprint density at radius 3 is 1.71 bits per heavy atom. The Kier molecular flexibility index (Phi) is 5.12. The zero-order valence-electron chi connectivity index (χ0n) is 24.1. The van der Waals surface area contributed by atoms with Crippen molar-refractivity contribution in [3.63, 3.8) is 0 Å². The Morgan fingerprint density at radius 1 is 0.444 bits per heavy atom. The van der Waals surface area contributed by atoms with Crippen molar-refractivity contribution in [3.05, 3.63) is 146 Å². The van der Waals surface area contributed by atoms with Crippen molar-refractivity contribution in [2.45, 2.75) is 0 Å². The van der Waals surface area contributed by atoms with Gasteiger partial charge >= 0.3 is 0 Å². The van der Waals surface area contributed by atoms with Crippen molar-refractivity contribution in [3.8, 4) is 22.9 Å². The van der Waals surface area contributed by atoms with Crippen LogP contribution in [-0.2, 0) is 0 Å². The number of hydrogen-bond acceptors (Lipinski definition) is 3. The van der Waals surface area contributed by atoms with Gasteiger partial charge in [0.2, 0.25) is 5.95 Å². The van der Waals surface area contributed by atoms with Gasteiger partial charge in [0, 0.05) is 42.9 Å². The largest absolute Gasteiger partial charge is 0.309 e. The Balaban J connectivity index is 1.36. The Labute approximate surface area is 262 Å². The highest BCUT2D eigenvalue weighted by molar-refractivity contribution is 7.26. The topological polar surface area (TPSA) is 35.6 Å². The fourth-order valence-corrected chi connectivity index (χ4v) is 8.13. The van der Waals surface area contributed by atoms with Crippen LogP contribution in [0.25, 0.3) is 86.8 Å². The first-order valence-electron chi connectivity index (χ1n) is 15.1. The summed E-state index contributed by atoms with van der Waals surface area (Å²) in [6, 6.07) is 51.7. The van der Waals surface area contributed by atoms with Crippen LogP contribution in [0.2, 0.25) is 0 Å². The summed E-state index contributed by atoms with van der Waals surface area (Å²) in [6.45, 7) is 0. The second-order valence-electron chi connectivity index (χ2n) is 11.4. The van der Waals surface area contributed by atoms with E-state index in [9.17, 15) is 0 Å². The molecule has 0 radical (unpaired) electrons. The van der Waals surface area contributed by atoms with Gasteiger partial charge in [0.15, 0.2) is 0 Å². The van der Waals surface area contributed by atoms with E-state index in [2.05, 4.69) is 155 Å². The summed E-state index contributed by atoms with van der Waals surface area (Å²) < 4.78 is 6.97. The lowest BCUT2D eigenvalue weighted by Gasteiger charge is -2.10. The number of fused-ring (bicyclic) bond motifs is 9. The van der Waals surface area contributed by atoms with Crippen LogP contribution in [-0.4, -0.2) is 19.1 Å². The summed E-state index contributed by atoms with van der Waals surface area (Å²) in [6.07, 6.45) is 0. The predicted octanol–water partition coefficient (Wildman–Crippen LogP) is 10.7. The van der Waals surface area contributed by atoms with Crippen molar-refractivity contribution in [2.75, 3.05) is 0 Å². The van der Waals surface area contributed by atoms with Crippen molar-refractivity contribution < 1.29 is 0 Å². The molecule has 0 saturated heterocycles. The highest BCUT2D eigenvalue weighted by Crippen LogP contribution is 2.42. The maximum Gasteiger partial charge on any atom is 0.235 e. The molecular formula is C40H24N4S. The van der Waals surface area contributed by atoms with Crippen LogP contribution in [0.5, 0.6) is 0 Å². The molecule has 0 spiro atoms. The molecule has 0 bridgehead atoms. The summed E-state index contributed by atoms with van der Waals surface area (Å²) in [5.74, 6) is 0.683. The Morgan fingerprint density at radius 2 is 1.00 bits per heavy atom. The van der Waals surface area contributed by atoms with Gasteiger partial charge in [0.05, 0.1) is 38.0 Å². The molecule has 6 aromatic carbocycles. The van der Waals surface area contributed by atoms with E-state index >= 15 is 0 Å². The van der Waals surface area contributed by atoms with E-state index in [1.54, 1.807) is 11.3 Å². The van der Waals surface area contributed by atoms with Gasteiger partial charge in [-0.3, -0.25) is 4.57 Å². The molecule has 5 heteroatoms. The minimum atomic E-state index is 0.683. The van der Waals surface area contributed by atoms with E-state index in [0.29, 0.717) is 5.95 Å². The molecule has 0 unspecified atom stereocenters. The van der Waals surface area contributed by atoms with Gasteiger partial charge in [0.25, 0.3) is 0 Å². The second kappa shape index (κ2) is 9.36. The number of thiophene rings is 1. The summed E-state index contributed by atoms with van der Waals surface area (Å²) in [5.41, 5.74) is 8.76. The van der Waals surface area contributed by atoms with Gasteiger partial charge in [-0.15, -0.1) is 11.3 Å². The Hall–Kier alpha value is -5.78. The molecule has 4 nitrogen and oxygen atoms in total. The lowest BCUT2D eigenvalue weighted by Crippen LogP contribution is -2.02. The third-order valence-corrected chi connectivity index (χ3v) is 10.1. The molecule has 10 rings (SSSR count). The molecule has 10 aromatic rings. The molecule has 0 aliphatic rings. The van der Waals surface area contributed by atoms with Crippen LogP contribution in [0.3, 0.4) is 0 Å². The summed E-state index contributed by atoms with van der Waals surface area (Å²) in [5, 5.41) is 5.95. The molecule has 0 saturated carbocycles. The first kappa shape index (κ1) is 24.6. The zero-order valence-corrected chi connectivity index (χ0v) is 24.9. The van der Waals surface area contributed by atoms with Crippen LogP contribution >= 0.6 is 11.3 Å². The molecule has 0 fully saturated rings. The van der Waals surface area contributed by atoms with Crippen molar-refractivity contribution in [1.82, 2.24) is 19.1 Å². The number of nitrogens with zero attached hydrogens (tertiary/aromatic N) is 4.